The maximum Gasteiger partial charge on any atom is -1.00 e. The molecule has 7 rings (SSSR count). The minimum absolute atomic E-state index is 0. The Bertz CT molecular complexity index is 1770. The van der Waals surface area contributed by atoms with E-state index in [-0.39, 0.29) is 24.8 Å². The summed E-state index contributed by atoms with van der Waals surface area (Å²) in [5.74, 6) is 0. The molecule has 1 heterocycles. The monoisotopic (exact) mass is 766 g/mol. The van der Waals surface area contributed by atoms with Crippen LogP contribution in [0.3, 0.4) is 0 Å². The van der Waals surface area contributed by atoms with Gasteiger partial charge in [-0.25, -0.2) is 0 Å². The van der Waals surface area contributed by atoms with E-state index in [0.29, 0.717) is 7.25 Å². The van der Waals surface area contributed by atoms with Crippen LogP contribution < -0.4 is 24.8 Å². The first kappa shape index (κ1) is 38.1. The minimum atomic E-state index is -2.87. The van der Waals surface area contributed by atoms with Crippen LogP contribution in [-0.4, -0.2) is 0 Å². The molecule has 2 unspecified atom stereocenters. The molecule has 0 amide bonds. The summed E-state index contributed by atoms with van der Waals surface area (Å²) in [4.78, 5) is 0. The van der Waals surface area contributed by atoms with Crippen LogP contribution in [0.2, 0.25) is 8.26 Å². The van der Waals surface area contributed by atoms with E-state index < -0.39 is 20.3 Å². The molecule has 1 aliphatic heterocycles. The van der Waals surface area contributed by atoms with E-state index >= 15 is 0 Å². The first-order valence-corrected chi connectivity index (χ1v) is 24.8. The van der Waals surface area contributed by atoms with Gasteiger partial charge in [0, 0.05) is 0 Å². The molecule has 0 radical (unpaired) electrons. The van der Waals surface area contributed by atoms with Crippen LogP contribution in [0.15, 0.2) is 71.8 Å². The molecule has 0 bridgehead atoms. The second kappa shape index (κ2) is 15.2. The Morgan fingerprint density at radius 3 is 1.22 bits per heavy atom. The van der Waals surface area contributed by atoms with Crippen LogP contribution in [0.1, 0.15) is 115 Å². The molecule has 0 nitrogen and oxygen atoms in total. The standard InChI is InChI=1S/2C22H25.C2H4.2ClH.Zr/c2*1-5-6-7-18-13-20-16(3)12-17(4)22(21(20)14-18)19-10-8-15(2)9-11-19;1-2;;;/h2*8-14H,5-7H2,1-4H3;1-2H2;2*1H;/q;;;;;+2/p-2. The SMILES string of the molecule is CCCCC1=Cc2c(-c3ccc(C)cc3)c(C)cc(C)c2[CH]1[Zr+2]1([CH]2C(CCCC)=Cc3c(-c4ccc(C)cc4)c(C)cc(C)c32)[CH2][CH2]1.[Cl-].[Cl-]. The molecule has 4 aromatic carbocycles. The zero-order chi connectivity index (χ0) is 33.0. The van der Waals surface area contributed by atoms with Gasteiger partial charge in [-0.2, -0.15) is 0 Å². The van der Waals surface area contributed by atoms with E-state index in [1.807, 2.05) is 0 Å². The summed E-state index contributed by atoms with van der Waals surface area (Å²) in [5, 5.41) is 0. The van der Waals surface area contributed by atoms with Crippen LogP contribution in [0.4, 0.5) is 0 Å². The molecule has 3 aliphatic rings. The van der Waals surface area contributed by atoms with Gasteiger partial charge in [0.15, 0.2) is 0 Å². The molecule has 2 atom stereocenters. The summed E-state index contributed by atoms with van der Waals surface area (Å²) in [7, 11) is 0. The van der Waals surface area contributed by atoms with Crippen molar-refractivity contribution in [1.29, 1.82) is 0 Å². The molecule has 3 heteroatoms. The van der Waals surface area contributed by atoms with E-state index in [0.717, 1.165) is 0 Å². The third-order valence-electron chi connectivity index (χ3n) is 11.9. The molecular weight excluding hydrogens is 715 g/mol. The van der Waals surface area contributed by atoms with Gasteiger partial charge < -0.3 is 24.8 Å². The molecule has 0 saturated carbocycles. The molecule has 0 spiro atoms. The Kier molecular flexibility index (Phi) is 11.8. The van der Waals surface area contributed by atoms with Gasteiger partial charge in [0.2, 0.25) is 0 Å². The summed E-state index contributed by atoms with van der Waals surface area (Å²) in [6.45, 7) is 18.7. The number of fused-ring (bicyclic) bond motifs is 2. The Morgan fingerprint density at radius 2 is 0.898 bits per heavy atom. The van der Waals surface area contributed by atoms with Gasteiger partial charge in [-0.05, 0) is 0 Å². The first-order valence-electron chi connectivity index (χ1n) is 18.5. The maximum atomic E-state index is 2.73. The quantitative estimate of drug-likeness (QED) is 0.154. The molecule has 4 aromatic rings. The van der Waals surface area contributed by atoms with Crippen molar-refractivity contribution < 1.29 is 45.1 Å². The van der Waals surface area contributed by atoms with Crippen molar-refractivity contribution in [3.8, 4) is 22.3 Å². The zero-order valence-electron chi connectivity index (χ0n) is 31.0. The fraction of sp³-hybridized carbons (Fsp3) is 0.391. The Morgan fingerprint density at radius 1 is 0.531 bits per heavy atom. The predicted molar refractivity (Wildman–Crippen MR) is 202 cm³/mol. The van der Waals surface area contributed by atoms with Crippen molar-refractivity contribution >= 4 is 12.2 Å². The summed E-state index contributed by atoms with van der Waals surface area (Å²) < 4.78 is 4.44. The topological polar surface area (TPSA) is 0 Å². The number of allylic oxidation sites excluding steroid dienone is 2. The zero-order valence-corrected chi connectivity index (χ0v) is 35.0. The summed E-state index contributed by atoms with van der Waals surface area (Å²) in [5.41, 5.74) is 24.6. The van der Waals surface area contributed by atoms with E-state index in [4.69, 9.17) is 0 Å². The van der Waals surface area contributed by atoms with E-state index in [2.05, 4.69) is 128 Å². The smallest absolute Gasteiger partial charge is 1.00 e. The molecule has 0 N–H and O–H groups in total. The predicted octanol–water partition coefficient (Wildman–Crippen LogP) is 7.84. The Hall–Kier alpha value is -2.18. The number of hydrogen-bond donors (Lipinski definition) is 0. The van der Waals surface area contributed by atoms with Crippen LogP contribution in [0.25, 0.3) is 34.4 Å². The molecule has 0 aromatic heterocycles. The van der Waals surface area contributed by atoms with E-state index in [9.17, 15) is 0 Å². The van der Waals surface area contributed by atoms with Gasteiger partial charge in [0.05, 0.1) is 0 Å². The van der Waals surface area contributed by atoms with Gasteiger partial charge >= 0.3 is 292 Å². The van der Waals surface area contributed by atoms with Crippen LogP contribution in [0, 0.1) is 41.5 Å². The molecule has 49 heavy (non-hydrogen) atoms. The van der Waals surface area contributed by atoms with Crippen LogP contribution in [-0.2, 0) is 20.3 Å². The second-order valence-corrected chi connectivity index (χ2v) is 26.8. The molecule has 2 aliphatic carbocycles. The van der Waals surface area contributed by atoms with Crippen molar-refractivity contribution in [2.24, 2.45) is 0 Å². The van der Waals surface area contributed by atoms with Gasteiger partial charge in [0.25, 0.3) is 0 Å². The number of hydrogen-bond acceptors (Lipinski definition) is 0. The number of halogens is 2. The fourth-order valence-electron chi connectivity index (χ4n) is 9.65. The Labute approximate surface area is 314 Å². The van der Waals surface area contributed by atoms with E-state index in [1.54, 1.807) is 44.5 Å². The third-order valence-corrected chi connectivity index (χ3v) is 24.9. The van der Waals surface area contributed by atoms with Crippen molar-refractivity contribution in [2.75, 3.05) is 0 Å². The van der Waals surface area contributed by atoms with Crippen molar-refractivity contribution in [1.82, 2.24) is 0 Å². The van der Waals surface area contributed by atoms with Gasteiger partial charge in [-0.1, -0.05) is 0 Å². The van der Waals surface area contributed by atoms with Crippen molar-refractivity contribution in [3.63, 3.8) is 0 Å². The molecule has 1 fully saturated rings. The average molecular weight is 769 g/mol. The normalized spacial score (nSPS) is 17.6. The largest absolute Gasteiger partial charge is 1.00 e. The number of unbranched alkanes of at least 4 members (excludes halogenated alkanes) is 2. The molecular formula is C46H54Cl2Zr. The van der Waals surface area contributed by atoms with E-state index in [1.165, 1.54) is 91.3 Å². The van der Waals surface area contributed by atoms with Crippen LogP contribution in [0.5, 0.6) is 0 Å². The van der Waals surface area contributed by atoms with Crippen LogP contribution >= 0.6 is 0 Å². The number of aryl methyl sites for hydroxylation is 6. The summed E-state index contributed by atoms with van der Waals surface area (Å²) >= 11 is -2.87. The minimum Gasteiger partial charge on any atom is -1.00 e. The fourth-order valence-corrected chi connectivity index (χ4v) is 27.7. The maximum absolute atomic E-state index is 2.87. The second-order valence-electron chi connectivity index (χ2n) is 15.4. The van der Waals surface area contributed by atoms with Gasteiger partial charge in [0.1, 0.15) is 0 Å². The Balaban J connectivity index is 0.00000234. The average Bonchev–Trinajstić information content (AvgIpc) is 3.59. The van der Waals surface area contributed by atoms with Gasteiger partial charge in [-0.3, -0.25) is 0 Å². The van der Waals surface area contributed by atoms with Crippen molar-refractivity contribution in [3.05, 3.63) is 127 Å². The molecule has 256 valence electrons. The number of benzene rings is 4. The molecule has 1 saturated heterocycles. The first-order chi connectivity index (χ1) is 22.7. The summed E-state index contributed by atoms with van der Waals surface area (Å²) in [6, 6.07) is 23.8. The summed E-state index contributed by atoms with van der Waals surface area (Å²) in [6.07, 6.45) is 13.1. The van der Waals surface area contributed by atoms with Gasteiger partial charge in [-0.15, -0.1) is 0 Å². The number of rotatable bonds is 10. The van der Waals surface area contributed by atoms with Crippen molar-refractivity contribution in [2.45, 2.75) is 109 Å². The third kappa shape index (κ3) is 6.67.